The minimum absolute atomic E-state index is 0.00735. The van der Waals surface area contributed by atoms with Crippen molar-refractivity contribution in [1.29, 1.82) is 0 Å². The molecular formula is C32H44Cl2N4O5. The monoisotopic (exact) mass is 634 g/mol. The molecule has 1 aromatic carbocycles. The van der Waals surface area contributed by atoms with Gasteiger partial charge >= 0.3 is 6.09 Å². The molecule has 0 radical (unpaired) electrons. The molecule has 0 bridgehead atoms. The topological polar surface area (TPSA) is 101 Å². The Labute approximate surface area is 264 Å². The van der Waals surface area contributed by atoms with E-state index in [9.17, 15) is 19.2 Å². The lowest BCUT2D eigenvalue weighted by Crippen LogP contribution is -2.57. The summed E-state index contributed by atoms with van der Waals surface area (Å²) >= 11 is 13.0. The van der Waals surface area contributed by atoms with Crippen LogP contribution < -0.4 is 5.32 Å². The fraction of sp³-hybridized carbons (Fsp3) is 0.625. The number of nitrogens with one attached hydrogen (secondary N) is 1. The number of carbonyl (C=O) groups excluding carboxylic acids is 4. The highest BCUT2D eigenvalue weighted by atomic mass is 35.5. The standard InChI is InChI=1S/C32H44Cl2N4O5/c1-19(36(6)31(42)43-32(3,4)5)29(40)35-27(21-11-8-7-9-12-21)30(41)37-16-10-13-23(37)18-38-25-15-14-22(33)17-24(25)26(20(2)39)28(38)34/h14-15,17,19,21,23,27H,7-13,16,18H2,1-6H3,(H,35,40)/t19-,23-,27-/m0/s1. The van der Waals surface area contributed by atoms with Crippen molar-refractivity contribution in [2.45, 2.75) is 110 Å². The van der Waals surface area contributed by atoms with Crippen LogP contribution in [-0.2, 0) is 20.9 Å². The smallest absolute Gasteiger partial charge is 0.410 e. The van der Waals surface area contributed by atoms with Gasteiger partial charge in [0.05, 0.1) is 11.1 Å². The second-order valence-electron chi connectivity index (χ2n) is 13.0. The first kappa shape index (κ1) is 33.1. The zero-order valence-corrected chi connectivity index (χ0v) is 27.6. The molecule has 3 amide bonds. The molecule has 3 atom stereocenters. The SMILES string of the molecule is CC(=O)c1c(Cl)n(C[C@@H]2CCCN2C(=O)[C@@H](NC(=O)[C@H](C)N(C)C(=O)OC(C)(C)C)C2CCCCC2)c2ccc(Cl)cc12. The van der Waals surface area contributed by atoms with Gasteiger partial charge < -0.3 is 19.5 Å². The summed E-state index contributed by atoms with van der Waals surface area (Å²) in [5.41, 5.74) is 0.513. The van der Waals surface area contributed by atoms with Gasteiger partial charge in [0.15, 0.2) is 5.78 Å². The third-order valence-electron chi connectivity index (χ3n) is 8.69. The number of hydrogen-bond donors (Lipinski definition) is 1. The second kappa shape index (κ2) is 13.5. The first-order valence-corrected chi connectivity index (χ1v) is 16.0. The molecule has 1 saturated carbocycles. The van der Waals surface area contributed by atoms with Crippen LogP contribution in [0.25, 0.3) is 10.9 Å². The Morgan fingerprint density at radius 1 is 1.07 bits per heavy atom. The number of ketones is 1. The number of carbonyl (C=O) groups is 4. The van der Waals surface area contributed by atoms with Gasteiger partial charge in [0.2, 0.25) is 11.8 Å². The Bertz CT molecular complexity index is 1380. The van der Waals surface area contributed by atoms with Crippen LogP contribution in [-0.4, -0.2) is 75.4 Å². The zero-order chi connectivity index (χ0) is 31.6. The lowest BCUT2D eigenvalue weighted by molar-refractivity contribution is -0.140. The van der Waals surface area contributed by atoms with Crippen LogP contribution in [0.4, 0.5) is 4.79 Å². The Kier molecular flexibility index (Phi) is 10.4. The predicted molar refractivity (Wildman–Crippen MR) is 169 cm³/mol. The van der Waals surface area contributed by atoms with E-state index < -0.39 is 29.7 Å². The second-order valence-corrected chi connectivity index (χ2v) is 13.8. The maximum Gasteiger partial charge on any atom is 0.410 e. The van der Waals surface area contributed by atoms with Crippen molar-refractivity contribution >= 4 is 57.8 Å². The molecule has 43 heavy (non-hydrogen) atoms. The van der Waals surface area contributed by atoms with Crippen LogP contribution >= 0.6 is 23.2 Å². The van der Waals surface area contributed by atoms with E-state index in [0.29, 0.717) is 34.2 Å². The summed E-state index contributed by atoms with van der Waals surface area (Å²) in [5, 5.41) is 4.58. The Hall–Kier alpha value is -2.78. The average Bonchev–Trinajstić information content (AvgIpc) is 3.51. The number of aromatic nitrogens is 1. The van der Waals surface area contributed by atoms with Gasteiger partial charge in [0.25, 0.3) is 0 Å². The summed E-state index contributed by atoms with van der Waals surface area (Å²) in [6, 6.07) is 3.67. The van der Waals surface area contributed by atoms with Gasteiger partial charge in [-0.3, -0.25) is 19.3 Å². The molecule has 236 valence electrons. The quantitative estimate of drug-likeness (QED) is 0.336. The maximum absolute atomic E-state index is 14.3. The first-order valence-electron chi connectivity index (χ1n) is 15.2. The lowest BCUT2D eigenvalue weighted by Gasteiger charge is -2.36. The normalized spacial score (nSPS) is 19.3. The molecule has 1 aromatic heterocycles. The van der Waals surface area contributed by atoms with Gasteiger partial charge in [0, 0.05) is 36.6 Å². The van der Waals surface area contributed by atoms with E-state index >= 15 is 0 Å². The van der Waals surface area contributed by atoms with Crippen LogP contribution in [0.15, 0.2) is 18.2 Å². The maximum atomic E-state index is 14.3. The molecule has 1 N–H and O–H groups in total. The van der Waals surface area contributed by atoms with Crippen molar-refractivity contribution in [3.05, 3.63) is 33.9 Å². The van der Waals surface area contributed by atoms with Crippen molar-refractivity contribution in [3.8, 4) is 0 Å². The van der Waals surface area contributed by atoms with Crippen molar-refractivity contribution in [2.75, 3.05) is 13.6 Å². The molecule has 1 saturated heterocycles. The van der Waals surface area contributed by atoms with Crippen LogP contribution in [0.2, 0.25) is 10.2 Å². The molecule has 2 fully saturated rings. The number of fused-ring (bicyclic) bond motifs is 1. The van der Waals surface area contributed by atoms with Crippen LogP contribution in [0.5, 0.6) is 0 Å². The summed E-state index contributed by atoms with van der Waals surface area (Å²) < 4.78 is 7.34. The van der Waals surface area contributed by atoms with Crippen LogP contribution in [0.3, 0.4) is 0 Å². The molecule has 2 heterocycles. The fourth-order valence-electron chi connectivity index (χ4n) is 6.30. The van der Waals surface area contributed by atoms with E-state index in [-0.39, 0.29) is 23.7 Å². The van der Waals surface area contributed by atoms with Crippen molar-refractivity contribution in [3.63, 3.8) is 0 Å². The van der Waals surface area contributed by atoms with E-state index in [2.05, 4.69) is 5.32 Å². The number of nitrogens with zero attached hydrogens (tertiary/aromatic N) is 3. The molecule has 0 unspecified atom stereocenters. The minimum Gasteiger partial charge on any atom is -0.444 e. The van der Waals surface area contributed by atoms with Gasteiger partial charge in [-0.05, 0) is 84.4 Å². The number of likely N-dealkylation sites (N-methyl/N-ethyl adjacent to an activating group) is 1. The third-order valence-corrected chi connectivity index (χ3v) is 9.32. The first-order chi connectivity index (χ1) is 20.2. The average molecular weight is 636 g/mol. The number of Topliss-reactive ketones (excluding diaryl/α,β-unsaturated/α-hetero) is 1. The highest BCUT2D eigenvalue weighted by Gasteiger charge is 2.40. The van der Waals surface area contributed by atoms with Gasteiger partial charge in [-0.2, -0.15) is 0 Å². The molecule has 2 aromatic rings. The Balaban J connectivity index is 1.57. The molecule has 9 nitrogen and oxygen atoms in total. The summed E-state index contributed by atoms with van der Waals surface area (Å²) in [4.78, 5) is 56.1. The van der Waals surface area contributed by atoms with Crippen molar-refractivity contribution < 1.29 is 23.9 Å². The van der Waals surface area contributed by atoms with E-state index in [1.54, 1.807) is 39.8 Å². The molecule has 4 rings (SSSR count). The summed E-state index contributed by atoms with van der Waals surface area (Å²) in [6.07, 6.45) is 5.81. The number of halogens is 2. The number of hydrogen-bond acceptors (Lipinski definition) is 5. The summed E-state index contributed by atoms with van der Waals surface area (Å²) in [5.74, 6) is -0.651. The lowest BCUT2D eigenvalue weighted by atomic mass is 9.83. The summed E-state index contributed by atoms with van der Waals surface area (Å²) in [7, 11) is 1.53. The summed E-state index contributed by atoms with van der Waals surface area (Å²) in [6.45, 7) is 9.42. The molecule has 11 heteroatoms. The number of benzene rings is 1. The molecule has 1 aliphatic heterocycles. The Morgan fingerprint density at radius 2 is 1.74 bits per heavy atom. The third kappa shape index (κ3) is 7.48. The number of likely N-dealkylation sites (tertiary alicyclic amines) is 1. The predicted octanol–water partition coefficient (Wildman–Crippen LogP) is 6.46. The van der Waals surface area contributed by atoms with E-state index in [1.165, 1.54) is 18.9 Å². The van der Waals surface area contributed by atoms with Crippen LogP contribution in [0.1, 0.15) is 89.9 Å². The van der Waals surface area contributed by atoms with E-state index in [4.69, 9.17) is 27.9 Å². The van der Waals surface area contributed by atoms with Gasteiger partial charge in [0.1, 0.15) is 22.8 Å². The molecular weight excluding hydrogens is 591 g/mol. The molecule has 2 aliphatic rings. The highest BCUT2D eigenvalue weighted by molar-refractivity contribution is 6.36. The number of ether oxygens (including phenoxy) is 1. The number of rotatable bonds is 8. The zero-order valence-electron chi connectivity index (χ0n) is 26.0. The van der Waals surface area contributed by atoms with Gasteiger partial charge in [-0.15, -0.1) is 0 Å². The molecule has 1 aliphatic carbocycles. The Morgan fingerprint density at radius 3 is 2.37 bits per heavy atom. The van der Waals surface area contributed by atoms with Crippen molar-refractivity contribution in [1.82, 2.24) is 19.7 Å². The minimum atomic E-state index is -0.829. The molecule has 0 spiro atoms. The van der Waals surface area contributed by atoms with Crippen LogP contribution in [0, 0.1) is 5.92 Å². The van der Waals surface area contributed by atoms with E-state index in [0.717, 1.165) is 50.5 Å². The largest absolute Gasteiger partial charge is 0.444 e. The fourth-order valence-corrected chi connectivity index (χ4v) is 6.87. The van der Waals surface area contributed by atoms with E-state index in [1.807, 2.05) is 15.5 Å². The van der Waals surface area contributed by atoms with Gasteiger partial charge in [-0.25, -0.2) is 4.79 Å². The van der Waals surface area contributed by atoms with Gasteiger partial charge in [-0.1, -0.05) is 42.5 Å². The number of amides is 3. The van der Waals surface area contributed by atoms with Crippen molar-refractivity contribution in [2.24, 2.45) is 5.92 Å². The highest BCUT2D eigenvalue weighted by Crippen LogP contribution is 2.35.